The lowest BCUT2D eigenvalue weighted by Gasteiger charge is -2.24. The van der Waals surface area contributed by atoms with Crippen molar-refractivity contribution >= 4 is 35.0 Å². The van der Waals surface area contributed by atoms with Gasteiger partial charge in [-0.05, 0) is 49.2 Å². The Morgan fingerprint density at radius 2 is 1.72 bits per heavy atom. The number of para-hydroxylation sites is 1. The summed E-state index contributed by atoms with van der Waals surface area (Å²) in [5.41, 5.74) is 0.749. The predicted molar refractivity (Wildman–Crippen MR) is 136 cm³/mol. The van der Waals surface area contributed by atoms with Crippen LogP contribution in [0.5, 0.6) is 11.5 Å². The van der Waals surface area contributed by atoms with Gasteiger partial charge in [0.1, 0.15) is 29.2 Å². The van der Waals surface area contributed by atoms with Crippen LogP contribution in [0.15, 0.2) is 65.6 Å². The molecule has 0 radical (unpaired) electrons. The molecule has 0 bridgehead atoms. The third kappa shape index (κ3) is 4.88. The van der Waals surface area contributed by atoms with Crippen molar-refractivity contribution in [2.45, 2.75) is 23.8 Å². The highest BCUT2D eigenvalue weighted by Gasteiger charge is 2.32. The van der Waals surface area contributed by atoms with Gasteiger partial charge in [0, 0.05) is 36.9 Å². The molecule has 186 valence electrons. The lowest BCUT2D eigenvalue weighted by atomic mass is 10.1. The number of hydrogen-bond donors (Lipinski definition) is 1. The van der Waals surface area contributed by atoms with E-state index in [1.54, 1.807) is 37.4 Å². The number of fused-ring (bicyclic) bond motifs is 1. The minimum absolute atomic E-state index is 0.229. The van der Waals surface area contributed by atoms with Crippen molar-refractivity contribution in [1.82, 2.24) is 5.32 Å². The van der Waals surface area contributed by atoms with Crippen molar-refractivity contribution in [3.05, 3.63) is 77.9 Å². The van der Waals surface area contributed by atoms with Crippen LogP contribution in [0.3, 0.4) is 0 Å². The number of hydrogen-bond acceptors (Lipinski definition) is 5. The summed E-state index contributed by atoms with van der Waals surface area (Å²) < 4.78 is 35.2. The monoisotopic (exact) mass is 509 g/mol. The van der Waals surface area contributed by atoms with E-state index in [1.165, 1.54) is 34.9 Å². The van der Waals surface area contributed by atoms with Crippen LogP contribution in [-0.4, -0.2) is 43.7 Å². The molecule has 0 saturated carbocycles. The summed E-state index contributed by atoms with van der Waals surface area (Å²) >= 11 is 1.36. The molecule has 1 fully saturated rings. The number of halogens is 2. The van der Waals surface area contributed by atoms with E-state index in [0.717, 1.165) is 36.9 Å². The summed E-state index contributed by atoms with van der Waals surface area (Å²) in [6.07, 6.45) is 2.04. The second-order valence-electron chi connectivity index (χ2n) is 8.76. The molecule has 9 heteroatoms. The molecule has 6 nitrogen and oxygen atoms in total. The molecule has 2 aliphatic rings. The normalized spacial score (nSPS) is 17.5. The summed E-state index contributed by atoms with van der Waals surface area (Å²) in [4.78, 5) is 30.3. The maximum atomic E-state index is 14.9. The Balaban J connectivity index is 1.34. The summed E-state index contributed by atoms with van der Waals surface area (Å²) in [6, 6.07) is 15.1. The van der Waals surface area contributed by atoms with Crippen LogP contribution in [0, 0.1) is 11.6 Å². The van der Waals surface area contributed by atoms with Gasteiger partial charge in [-0.2, -0.15) is 0 Å². The summed E-state index contributed by atoms with van der Waals surface area (Å²) in [6.45, 7) is 1.60. The number of benzene rings is 3. The molecule has 2 heterocycles. The molecule has 0 unspecified atom stereocenters. The Hall–Kier alpha value is -3.59. The van der Waals surface area contributed by atoms with E-state index in [9.17, 15) is 18.4 Å². The molecule has 0 spiro atoms. The molecular weight excluding hydrogens is 484 g/mol. The maximum absolute atomic E-state index is 14.9. The average Bonchev–Trinajstić information content (AvgIpc) is 3.39. The van der Waals surface area contributed by atoms with Gasteiger partial charge in [-0.15, -0.1) is 11.8 Å². The van der Waals surface area contributed by atoms with Gasteiger partial charge in [0.05, 0.1) is 16.9 Å². The fraction of sp³-hybridized carbons (Fsp3) is 0.259. The Kier molecular flexibility index (Phi) is 6.82. The van der Waals surface area contributed by atoms with Crippen LogP contribution < -0.4 is 19.9 Å². The van der Waals surface area contributed by atoms with E-state index < -0.39 is 23.7 Å². The molecular formula is C27H25F2N3O3S. The number of likely N-dealkylation sites (N-methyl/N-ethyl adjacent to an activating group) is 1. The zero-order valence-electron chi connectivity index (χ0n) is 19.7. The van der Waals surface area contributed by atoms with E-state index in [-0.39, 0.29) is 17.1 Å². The topological polar surface area (TPSA) is 61.9 Å². The first-order chi connectivity index (χ1) is 17.4. The van der Waals surface area contributed by atoms with Crippen LogP contribution in [0.1, 0.15) is 23.2 Å². The number of thioether (sulfide) groups is 1. The van der Waals surface area contributed by atoms with E-state index in [1.807, 2.05) is 11.0 Å². The van der Waals surface area contributed by atoms with Crippen molar-refractivity contribution in [2.24, 2.45) is 0 Å². The van der Waals surface area contributed by atoms with E-state index >= 15 is 0 Å². The summed E-state index contributed by atoms with van der Waals surface area (Å²) in [7, 11) is 1.55. The highest BCUT2D eigenvalue weighted by Crippen LogP contribution is 2.39. The van der Waals surface area contributed by atoms with Crippen molar-refractivity contribution in [3.8, 4) is 11.5 Å². The van der Waals surface area contributed by atoms with Gasteiger partial charge in [-0.25, -0.2) is 8.78 Å². The zero-order chi connectivity index (χ0) is 25.2. The van der Waals surface area contributed by atoms with Gasteiger partial charge in [0.25, 0.3) is 5.91 Å². The summed E-state index contributed by atoms with van der Waals surface area (Å²) in [5.74, 6) is -1.16. The highest BCUT2D eigenvalue weighted by atomic mass is 32.2. The molecule has 1 atom stereocenters. The summed E-state index contributed by atoms with van der Waals surface area (Å²) in [5, 5.41) is 2.66. The first-order valence-electron chi connectivity index (χ1n) is 11.7. The molecule has 2 aliphatic heterocycles. The van der Waals surface area contributed by atoms with Gasteiger partial charge in [0.2, 0.25) is 5.91 Å². The number of ether oxygens (including phenoxy) is 1. The fourth-order valence-electron chi connectivity index (χ4n) is 4.41. The number of rotatable bonds is 5. The number of nitrogens with zero attached hydrogens (tertiary/aromatic N) is 2. The standard InChI is InChI=1S/C27H25F2N3O3S/c1-31-24-14-21(29)23(32-11-5-6-12-32)15-25(24)36-16-22(27(31)34)30-26(33)19-13-18(9-10-20(19)28)35-17-7-3-2-4-8-17/h2-4,7-10,13-15,22H,5-6,11-12,16H2,1H3,(H,30,33)/t22-/m0/s1. The first-order valence-corrected chi connectivity index (χ1v) is 12.7. The SMILES string of the molecule is CN1C(=O)[C@@H](NC(=O)c2cc(Oc3ccccc3)ccc2F)CSc2cc(N3CCCC3)c(F)cc21. The zero-order valence-corrected chi connectivity index (χ0v) is 20.5. The van der Waals surface area contributed by atoms with Gasteiger partial charge in [0.15, 0.2) is 0 Å². The van der Waals surface area contributed by atoms with Gasteiger partial charge >= 0.3 is 0 Å². The van der Waals surface area contributed by atoms with Gasteiger partial charge in [-0.3, -0.25) is 9.59 Å². The van der Waals surface area contributed by atoms with Crippen LogP contribution in [0.2, 0.25) is 0 Å². The second-order valence-corrected chi connectivity index (χ2v) is 9.82. The average molecular weight is 510 g/mol. The predicted octanol–water partition coefficient (Wildman–Crippen LogP) is 5.22. The van der Waals surface area contributed by atoms with Crippen LogP contribution >= 0.6 is 11.8 Å². The molecule has 1 saturated heterocycles. The quantitative estimate of drug-likeness (QED) is 0.511. The Bertz CT molecular complexity index is 1300. The number of carbonyl (C=O) groups excluding carboxylic acids is 2. The number of anilines is 2. The number of carbonyl (C=O) groups is 2. The molecule has 0 aliphatic carbocycles. The number of amides is 2. The molecule has 2 amide bonds. The number of nitrogens with one attached hydrogen (secondary N) is 1. The Morgan fingerprint density at radius 1 is 0.972 bits per heavy atom. The fourth-order valence-corrected chi connectivity index (χ4v) is 5.52. The third-order valence-electron chi connectivity index (χ3n) is 6.34. The second kappa shape index (κ2) is 10.2. The molecule has 3 aromatic rings. The minimum Gasteiger partial charge on any atom is -0.457 e. The molecule has 36 heavy (non-hydrogen) atoms. The maximum Gasteiger partial charge on any atom is 0.255 e. The van der Waals surface area contributed by atoms with Crippen molar-refractivity contribution in [1.29, 1.82) is 0 Å². The molecule has 0 aromatic heterocycles. The Labute approximate surface area is 212 Å². The molecule has 5 rings (SSSR count). The van der Waals surface area contributed by atoms with E-state index in [2.05, 4.69) is 5.32 Å². The van der Waals surface area contributed by atoms with Crippen LogP contribution in [-0.2, 0) is 4.79 Å². The van der Waals surface area contributed by atoms with Crippen LogP contribution in [0.25, 0.3) is 0 Å². The first kappa shape index (κ1) is 24.1. The highest BCUT2D eigenvalue weighted by molar-refractivity contribution is 7.99. The largest absolute Gasteiger partial charge is 0.457 e. The van der Waals surface area contributed by atoms with E-state index in [0.29, 0.717) is 22.9 Å². The third-order valence-corrected chi connectivity index (χ3v) is 7.48. The lowest BCUT2D eigenvalue weighted by Crippen LogP contribution is -2.48. The minimum atomic E-state index is -0.920. The van der Waals surface area contributed by atoms with E-state index in [4.69, 9.17) is 4.74 Å². The van der Waals surface area contributed by atoms with Gasteiger partial charge in [-0.1, -0.05) is 18.2 Å². The van der Waals surface area contributed by atoms with Crippen molar-refractivity contribution < 1.29 is 23.1 Å². The Morgan fingerprint density at radius 3 is 2.47 bits per heavy atom. The van der Waals surface area contributed by atoms with Crippen LogP contribution in [0.4, 0.5) is 20.2 Å². The van der Waals surface area contributed by atoms with Crippen molar-refractivity contribution in [2.75, 3.05) is 35.7 Å². The molecule has 1 N–H and O–H groups in total. The molecule has 3 aromatic carbocycles. The smallest absolute Gasteiger partial charge is 0.255 e. The van der Waals surface area contributed by atoms with Crippen molar-refractivity contribution in [3.63, 3.8) is 0 Å². The lowest BCUT2D eigenvalue weighted by molar-refractivity contribution is -0.119. The van der Waals surface area contributed by atoms with Gasteiger partial charge < -0.3 is 19.9 Å².